The number of aromatic nitrogens is 2. The van der Waals surface area contributed by atoms with Gasteiger partial charge < -0.3 is 15.7 Å². The van der Waals surface area contributed by atoms with E-state index in [0.29, 0.717) is 10.2 Å². The topological polar surface area (TPSA) is 107 Å². The second-order valence-electron chi connectivity index (χ2n) is 3.56. The molecular weight excluding hydrogens is 316 g/mol. The minimum Gasteiger partial charge on any atom is -0.478 e. The molecule has 0 aliphatic heterocycles. The molecule has 0 saturated heterocycles. The summed E-state index contributed by atoms with van der Waals surface area (Å²) in [7, 11) is 0. The lowest BCUT2D eigenvalue weighted by Gasteiger charge is -2.09. The highest BCUT2D eigenvalue weighted by Gasteiger charge is 2.13. The molecule has 0 unspecified atom stereocenters. The Kier molecular flexibility index (Phi) is 3.81. The molecule has 1 aromatic carbocycles. The van der Waals surface area contributed by atoms with Crippen molar-refractivity contribution in [1.29, 1.82) is 0 Å². The third kappa shape index (κ3) is 3.32. The Morgan fingerprint density at radius 2 is 2.11 bits per heavy atom. The highest BCUT2D eigenvalue weighted by atomic mass is 79.9. The monoisotopic (exact) mass is 324 g/mol. The Bertz CT molecular complexity index is 612. The van der Waals surface area contributed by atoms with E-state index in [-0.39, 0.29) is 11.3 Å². The summed E-state index contributed by atoms with van der Waals surface area (Å²) in [5.74, 6) is -1.13. The molecule has 0 saturated carbocycles. The summed E-state index contributed by atoms with van der Waals surface area (Å²) < 4.78 is 0.616. The molecule has 2 aromatic rings. The van der Waals surface area contributed by atoms with E-state index in [0.717, 1.165) is 0 Å². The first-order valence-corrected chi connectivity index (χ1v) is 5.95. The zero-order valence-corrected chi connectivity index (χ0v) is 11.1. The van der Waals surface area contributed by atoms with Gasteiger partial charge in [0.15, 0.2) is 0 Å². The maximum atomic E-state index is 11.7. The standard InChI is InChI=1S/C11H9BrN4O3/c12-6-1-2-9(8(3-6)10(17)18)16-11(19)15-7-4-13-14-5-7/h1-5H,(H,13,14)(H,17,18)(H2,15,16,19). The summed E-state index contributed by atoms with van der Waals surface area (Å²) in [6.45, 7) is 0. The summed E-state index contributed by atoms with van der Waals surface area (Å²) in [6, 6.07) is 4.00. The average molecular weight is 325 g/mol. The molecule has 0 aliphatic rings. The van der Waals surface area contributed by atoms with Crippen LogP contribution in [0.5, 0.6) is 0 Å². The number of benzene rings is 1. The molecule has 1 aromatic heterocycles. The van der Waals surface area contributed by atoms with E-state index in [1.54, 1.807) is 6.07 Å². The number of carboxylic acid groups (broad SMARTS) is 1. The van der Waals surface area contributed by atoms with Crippen LogP contribution in [-0.4, -0.2) is 27.3 Å². The Morgan fingerprint density at radius 1 is 1.32 bits per heavy atom. The molecule has 19 heavy (non-hydrogen) atoms. The van der Waals surface area contributed by atoms with E-state index in [1.165, 1.54) is 24.5 Å². The molecule has 1 heterocycles. The van der Waals surface area contributed by atoms with Gasteiger partial charge >= 0.3 is 12.0 Å². The first kappa shape index (κ1) is 13.1. The van der Waals surface area contributed by atoms with E-state index >= 15 is 0 Å². The van der Waals surface area contributed by atoms with Gasteiger partial charge in [-0.1, -0.05) is 15.9 Å². The van der Waals surface area contributed by atoms with Crippen molar-refractivity contribution in [3.05, 3.63) is 40.6 Å². The lowest BCUT2D eigenvalue weighted by Crippen LogP contribution is -2.20. The molecule has 0 fully saturated rings. The molecule has 0 spiro atoms. The Hall–Kier alpha value is -2.35. The molecule has 0 atom stereocenters. The van der Waals surface area contributed by atoms with Crippen LogP contribution in [0.1, 0.15) is 10.4 Å². The van der Waals surface area contributed by atoms with Crippen LogP contribution in [0.25, 0.3) is 0 Å². The van der Waals surface area contributed by atoms with E-state index in [9.17, 15) is 9.59 Å². The SMILES string of the molecule is O=C(Nc1cn[nH]c1)Nc1ccc(Br)cc1C(=O)O. The number of hydrogen-bond acceptors (Lipinski definition) is 3. The molecule has 0 bridgehead atoms. The van der Waals surface area contributed by atoms with Gasteiger partial charge in [-0.05, 0) is 18.2 Å². The van der Waals surface area contributed by atoms with Crippen molar-refractivity contribution in [3.8, 4) is 0 Å². The van der Waals surface area contributed by atoms with Gasteiger partial charge in [-0.3, -0.25) is 5.10 Å². The van der Waals surface area contributed by atoms with Gasteiger partial charge in [-0.15, -0.1) is 0 Å². The van der Waals surface area contributed by atoms with Gasteiger partial charge in [0.2, 0.25) is 0 Å². The molecule has 0 radical (unpaired) electrons. The van der Waals surface area contributed by atoms with Crippen molar-refractivity contribution in [2.45, 2.75) is 0 Å². The predicted molar refractivity (Wildman–Crippen MR) is 72.3 cm³/mol. The molecule has 8 heteroatoms. The Morgan fingerprint density at radius 3 is 2.74 bits per heavy atom. The van der Waals surface area contributed by atoms with Gasteiger partial charge in [0.25, 0.3) is 0 Å². The molecule has 0 aliphatic carbocycles. The smallest absolute Gasteiger partial charge is 0.337 e. The number of aromatic amines is 1. The van der Waals surface area contributed by atoms with Crippen molar-refractivity contribution in [1.82, 2.24) is 10.2 Å². The summed E-state index contributed by atoms with van der Waals surface area (Å²) in [6.07, 6.45) is 2.93. The van der Waals surface area contributed by atoms with Crippen molar-refractivity contribution >= 4 is 39.3 Å². The fourth-order valence-corrected chi connectivity index (χ4v) is 1.77. The second kappa shape index (κ2) is 5.53. The van der Waals surface area contributed by atoms with Gasteiger partial charge in [0.1, 0.15) is 0 Å². The molecule has 7 nitrogen and oxygen atoms in total. The van der Waals surface area contributed by atoms with Crippen LogP contribution in [0.15, 0.2) is 35.1 Å². The zero-order chi connectivity index (χ0) is 13.8. The number of amides is 2. The highest BCUT2D eigenvalue weighted by molar-refractivity contribution is 9.10. The molecule has 2 rings (SSSR count). The number of urea groups is 1. The van der Waals surface area contributed by atoms with Crippen LogP contribution in [0.3, 0.4) is 0 Å². The number of anilines is 2. The van der Waals surface area contributed by atoms with Gasteiger partial charge in [-0.25, -0.2) is 9.59 Å². The second-order valence-corrected chi connectivity index (χ2v) is 4.48. The predicted octanol–water partition coefficient (Wildman–Crippen LogP) is 2.51. The van der Waals surface area contributed by atoms with Crippen molar-refractivity contribution in [2.75, 3.05) is 10.6 Å². The highest BCUT2D eigenvalue weighted by Crippen LogP contribution is 2.21. The van der Waals surface area contributed by atoms with Gasteiger partial charge in [0, 0.05) is 10.7 Å². The van der Waals surface area contributed by atoms with Crippen LogP contribution in [0, 0.1) is 0 Å². The number of carboxylic acids is 1. The molecular formula is C11H9BrN4O3. The van der Waals surface area contributed by atoms with E-state index in [2.05, 4.69) is 36.8 Å². The van der Waals surface area contributed by atoms with Crippen molar-refractivity contribution in [2.24, 2.45) is 0 Å². The average Bonchev–Trinajstić information content (AvgIpc) is 2.83. The van der Waals surface area contributed by atoms with Crippen molar-refractivity contribution < 1.29 is 14.7 Å². The number of hydrogen-bond donors (Lipinski definition) is 4. The minimum absolute atomic E-state index is 0.00304. The van der Waals surface area contributed by atoms with Crippen molar-refractivity contribution in [3.63, 3.8) is 0 Å². The maximum Gasteiger partial charge on any atom is 0.337 e. The van der Waals surface area contributed by atoms with E-state index in [4.69, 9.17) is 5.11 Å². The van der Waals surface area contributed by atoms with Crippen LogP contribution in [-0.2, 0) is 0 Å². The number of nitrogens with one attached hydrogen (secondary N) is 3. The largest absolute Gasteiger partial charge is 0.478 e. The van der Waals surface area contributed by atoms with E-state index < -0.39 is 12.0 Å². The van der Waals surface area contributed by atoms with Crippen LogP contribution in [0.2, 0.25) is 0 Å². The minimum atomic E-state index is -1.13. The lowest BCUT2D eigenvalue weighted by atomic mass is 10.2. The third-order valence-electron chi connectivity index (χ3n) is 2.22. The number of nitrogens with zero attached hydrogens (tertiary/aromatic N) is 1. The summed E-state index contributed by atoms with van der Waals surface area (Å²) in [5, 5.41) is 20.2. The maximum absolute atomic E-state index is 11.7. The summed E-state index contributed by atoms with van der Waals surface area (Å²) in [5.41, 5.74) is 0.680. The summed E-state index contributed by atoms with van der Waals surface area (Å²) >= 11 is 3.18. The molecule has 4 N–H and O–H groups in total. The van der Waals surface area contributed by atoms with E-state index in [1.807, 2.05) is 0 Å². The first-order chi connectivity index (χ1) is 9.06. The lowest BCUT2D eigenvalue weighted by molar-refractivity contribution is 0.0698. The quantitative estimate of drug-likeness (QED) is 0.695. The first-order valence-electron chi connectivity index (χ1n) is 5.16. The third-order valence-corrected chi connectivity index (χ3v) is 2.71. The Labute approximate surface area is 116 Å². The molecule has 98 valence electrons. The summed E-state index contributed by atoms with van der Waals surface area (Å²) in [4.78, 5) is 22.7. The number of halogens is 1. The zero-order valence-electron chi connectivity index (χ0n) is 9.48. The van der Waals surface area contributed by atoms with Gasteiger partial charge in [-0.2, -0.15) is 5.10 Å². The van der Waals surface area contributed by atoms with Crippen LogP contribution >= 0.6 is 15.9 Å². The van der Waals surface area contributed by atoms with Gasteiger partial charge in [0.05, 0.1) is 23.1 Å². The fraction of sp³-hybridized carbons (Fsp3) is 0. The normalized spacial score (nSPS) is 9.95. The number of aromatic carboxylic acids is 1. The van der Waals surface area contributed by atoms with Crippen LogP contribution in [0.4, 0.5) is 16.2 Å². The Balaban J connectivity index is 2.14. The number of H-pyrrole nitrogens is 1. The number of carbonyl (C=O) groups excluding carboxylic acids is 1. The fourth-order valence-electron chi connectivity index (χ4n) is 1.41. The molecule has 2 amide bonds. The number of rotatable bonds is 3. The number of carbonyl (C=O) groups is 2. The van der Waals surface area contributed by atoms with Crippen LogP contribution < -0.4 is 10.6 Å².